The third kappa shape index (κ3) is 2.18. The Labute approximate surface area is 110 Å². The van der Waals surface area contributed by atoms with Crippen molar-refractivity contribution >= 4 is 5.65 Å². The quantitative estimate of drug-likeness (QED) is 0.781. The summed E-state index contributed by atoms with van der Waals surface area (Å²) < 4.78 is 7.57. The topological polar surface area (TPSA) is 46.8 Å². The Kier molecular flexibility index (Phi) is 2.93. The van der Waals surface area contributed by atoms with Gasteiger partial charge >= 0.3 is 0 Å². The minimum atomic E-state index is -0.119. The Morgan fingerprint density at radius 1 is 1.16 bits per heavy atom. The molecular formula is C15H14N2O2. The average molecular weight is 254 g/mol. The molecule has 0 bridgehead atoms. The molecule has 4 heteroatoms. The molecule has 3 rings (SSSR count). The predicted molar refractivity (Wildman–Crippen MR) is 72.4 cm³/mol. The molecule has 3 aromatic rings. The van der Waals surface area contributed by atoms with E-state index in [1.807, 2.05) is 60.0 Å². The van der Waals surface area contributed by atoms with Crippen molar-refractivity contribution in [2.45, 2.75) is 13.5 Å². The number of aliphatic hydroxyl groups is 1. The highest BCUT2D eigenvalue weighted by molar-refractivity contribution is 5.46. The fraction of sp³-hybridized carbons (Fsp3) is 0.133. The molecule has 0 aliphatic carbocycles. The zero-order chi connectivity index (χ0) is 13.2. The summed E-state index contributed by atoms with van der Waals surface area (Å²) in [6.45, 7) is 1.90. The van der Waals surface area contributed by atoms with Crippen LogP contribution >= 0.6 is 0 Å². The molecule has 0 unspecified atom stereocenters. The SMILES string of the molecule is Cc1ccc(Oc2nc3ccccn3c2CO)cc1. The van der Waals surface area contributed by atoms with E-state index in [9.17, 15) is 5.11 Å². The summed E-state index contributed by atoms with van der Waals surface area (Å²) in [7, 11) is 0. The molecule has 4 nitrogen and oxygen atoms in total. The van der Waals surface area contributed by atoms with Crippen molar-refractivity contribution in [1.29, 1.82) is 0 Å². The first-order valence-electron chi connectivity index (χ1n) is 6.09. The number of aliphatic hydroxyl groups excluding tert-OH is 1. The summed E-state index contributed by atoms with van der Waals surface area (Å²) in [6.07, 6.45) is 1.86. The van der Waals surface area contributed by atoms with E-state index < -0.39 is 0 Å². The number of aryl methyl sites for hydroxylation is 1. The van der Waals surface area contributed by atoms with Crippen molar-refractivity contribution in [2.75, 3.05) is 0 Å². The van der Waals surface area contributed by atoms with Gasteiger partial charge in [0, 0.05) is 6.20 Å². The highest BCUT2D eigenvalue weighted by Gasteiger charge is 2.12. The van der Waals surface area contributed by atoms with Crippen LogP contribution in [0.15, 0.2) is 48.7 Å². The van der Waals surface area contributed by atoms with Crippen LogP contribution in [0.5, 0.6) is 11.6 Å². The Morgan fingerprint density at radius 3 is 2.68 bits per heavy atom. The highest BCUT2D eigenvalue weighted by Crippen LogP contribution is 2.26. The molecule has 1 aromatic carbocycles. The molecule has 2 aromatic heterocycles. The van der Waals surface area contributed by atoms with E-state index in [0.717, 1.165) is 5.65 Å². The van der Waals surface area contributed by atoms with Gasteiger partial charge in [-0.3, -0.25) is 4.40 Å². The van der Waals surface area contributed by atoms with Gasteiger partial charge in [-0.1, -0.05) is 23.8 Å². The molecular weight excluding hydrogens is 240 g/mol. The smallest absolute Gasteiger partial charge is 0.243 e. The first-order valence-corrected chi connectivity index (χ1v) is 6.09. The highest BCUT2D eigenvalue weighted by atomic mass is 16.5. The average Bonchev–Trinajstić information content (AvgIpc) is 2.78. The second-order valence-electron chi connectivity index (χ2n) is 4.37. The maximum absolute atomic E-state index is 9.49. The predicted octanol–water partition coefficient (Wildman–Crippen LogP) is 2.93. The van der Waals surface area contributed by atoms with E-state index in [2.05, 4.69) is 4.98 Å². The molecule has 19 heavy (non-hydrogen) atoms. The molecule has 0 spiro atoms. The van der Waals surface area contributed by atoms with Crippen molar-refractivity contribution < 1.29 is 9.84 Å². The van der Waals surface area contributed by atoms with Crippen LogP contribution in [0.4, 0.5) is 0 Å². The van der Waals surface area contributed by atoms with Gasteiger partial charge in [0.05, 0.1) is 6.61 Å². The van der Waals surface area contributed by atoms with Crippen LogP contribution in [0.3, 0.4) is 0 Å². The van der Waals surface area contributed by atoms with Crippen LogP contribution in [0.1, 0.15) is 11.3 Å². The maximum atomic E-state index is 9.49. The fourth-order valence-electron chi connectivity index (χ4n) is 1.97. The molecule has 0 fully saturated rings. The number of ether oxygens (including phenoxy) is 1. The Hall–Kier alpha value is -2.33. The summed E-state index contributed by atoms with van der Waals surface area (Å²) in [5.41, 5.74) is 2.58. The van der Waals surface area contributed by atoms with Gasteiger partial charge in [-0.15, -0.1) is 0 Å². The van der Waals surface area contributed by atoms with Gasteiger partial charge in [0.15, 0.2) is 0 Å². The molecule has 0 radical (unpaired) electrons. The van der Waals surface area contributed by atoms with Crippen LogP contribution in [-0.2, 0) is 6.61 Å². The molecule has 0 aliphatic heterocycles. The number of aromatic nitrogens is 2. The minimum Gasteiger partial charge on any atom is -0.437 e. The van der Waals surface area contributed by atoms with Gasteiger partial charge in [0.2, 0.25) is 5.88 Å². The number of benzene rings is 1. The van der Waals surface area contributed by atoms with Crippen LogP contribution in [0.2, 0.25) is 0 Å². The summed E-state index contributed by atoms with van der Waals surface area (Å²) in [5, 5.41) is 9.49. The van der Waals surface area contributed by atoms with Crippen molar-refractivity contribution in [2.24, 2.45) is 0 Å². The van der Waals surface area contributed by atoms with Crippen LogP contribution in [-0.4, -0.2) is 14.5 Å². The van der Waals surface area contributed by atoms with Gasteiger partial charge in [0.1, 0.15) is 17.1 Å². The van der Waals surface area contributed by atoms with E-state index in [1.54, 1.807) is 0 Å². The standard InChI is InChI=1S/C15H14N2O2/c1-11-5-7-12(8-6-11)19-15-13(10-18)17-9-3-2-4-14(17)16-15/h2-9,18H,10H2,1H3. The first-order chi connectivity index (χ1) is 9.28. The zero-order valence-corrected chi connectivity index (χ0v) is 10.6. The second-order valence-corrected chi connectivity index (χ2v) is 4.37. The lowest BCUT2D eigenvalue weighted by Gasteiger charge is -2.04. The largest absolute Gasteiger partial charge is 0.437 e. The number of rotatable bonds is 3. The van der Waals surface area contributed by atoms with Crippen molar-refractivity contribution in [3.8, 4) is 11.6 Å². The van der Waals surface area contributed by atoms with Gasteiger partial charge < -0.3 is 9.84 Å². The van der Waals surface area contributed by atoms with Crippen LogP contribution in [0.25, 0.3) is 5.65 Å². The molecule has 1 N–H and O–H groups in total. The molecule has 2 heterocycles. The molecule has 0 amide bonds. The van der Waals surface area contributed by atoms with Gasteiger partial charge in [0.25, 0.3) is 0 Å². The Bertz CT molecular complexity index is 702. The minimum absolute atomic E-state index is 0.119. The molecule has 0 saturated carbocycles. The summed E-state index contributed by atoms with van der Waals surface area (Å²) >= 11 is 0. The molecule has 0 atom stereocenters. The van der Waals surface area contributed by atoms with Crippen molar-refractivity contribution in [3.05, 3.63) is 59.9 Å². The summed E-state index contributed by atoms with van der Waals surface area (Å²) in [5.74, 6) is 1.15. The Morgan fingerprint density at radius 2 is 1.95 bits per heavy atom. The van der Waals surface area contributed by atoms with Gasteiger partial charge in [-0.2, -0.15) is 4.98 Å². The molecule has 0 saturated heterocycles. The third-order valence-corrected chi connectivity index (χ3v) is 2.98. The number of hydrogen-bond acceptors (Lipinski definition) is 3. The number of pyridine rings is 1. The lowest BCUT2D eigenvalue weighted by atomic mass is 10.2. The third-order valence-electron chi connectivity index (χ3n) is 2.98. The van der Waals surface area contributed by atoms with Crippen molar-refractivity contribution in [3.63, 3.8) is 0 Å². The molecule has 0 aliphatic rings. The second kappa shape index (κ2) is 4.74. The monoisotopic (exact) mass is 254 g/mol. The molecule has 96 valence electrons. The maximum Gasteiger partial charge on any atom is 0.243 e. The van der Waals surface area contributed by atoms with Crippen molar-refractivity contribution in [1.82, 2.24) is 9.38 Å². The fourth-order valence-corrected chi connectivity index (χ4v) is 1.97. The van der Waals surface area contributed by atoms with Gasteiger partial charge in [-0.05, 0) is 31.2 Å². The number of hydrogen-bond donors (Lipinski definition) is 1. The van der Waals surface area contributed by atoms with E-state index in [4.69, 9.17) is 4.74 Å². The lowest BCUT2D eigenvalue weighted by molar-refractivity contribution is 0.269. The summed E-state index contributed by atoms with van der Waals surface area (Å²) in [6, 6.07) is 13.4. The zero-order valence-electron chi connectivity index (χ0n) is 10.6. The lowest BCUT2D eigenvalue weighted by Crippen LogP contribution is -1.94. The van der Waals surface area contributed by atoms with E-state index in [-0.39, 0.29) is 6.61 Å². The van der Waals surface area contributed by atoms with Gasteiger partial charge in [-0.25, -0.2) is 0 Å². The first kappa shape index (κ1) is 11.7. The van der Waals surface area contributed by atoms with Crippen LogP contribution in [0, 0.1) is 6.92 Å². The number of nitrogens with zero attached hydrogens (tertiary/aromatic N) is 2. The van der Waals surface area contributed by atoms with E-state index in [1.165, 1.54) is 5.56 Å². The number of fused-ring (bicyclic) bond motifs is 1. The summed E-state index contributed by atoms with van der Waals surface area (Å²) in [4.78, 5) is 4.38. The normalized spacial score (nSPS) is 10.8. The van der Waals surface area contributed by atoms with E-state index >= 15 is 0 Å². The number of imidazole rings is 1. The van der Waals surface area contributed by atoms with Crippen LogP contribution < -0.4 is 4.74 Å². The van der Waals surface area contributed by atoms with E-state index in [0.29, 0.717) is 17.3 Å². The Balaban J connectivity index is 2.02.